The Hall–Kier alpha value is -2.21. The molecule has 1 N–H and O–H groups in total. The molecule has 1 amide bonds. The Balaban J connectivity index is 2.36. The molecule has 6 heteroatoms. The Labute approximate surface area is 139 Å². The molecule has 0 aliphatic heterocycles. The van der Waals surface area contributed by atoms with Crippen LogP contribution in [0, 0.1) is 5.92 Å². The van der Waals surface area contributed by atoms with Crippen molar-refractivity contribution in [3.63, 3.8) is 0 Å². The number of carbonyl (C=O) groups excluding carboxylic acids is 2. The molecule has 1 aromatic carbocycles. The zero-order valence-electron chi connectivity index (χ0n) is 13.5. The maximum absolute atomic E-state index is 12.2. The lowest BCUT2D eigenvalue weighted by Crippen LogP contribution is -2.19. The highest BCUT2D eigenvalue weighted by Gasteiger charge is 2.22. The van der Waals surface area contributed by atoms with Gasteiger partial charge in [-0.3, -0.25) is 4.79 Å². The van der Waals surface area contributed by atoms with Crippen molar-refractivity contribution < 1.29 is 14.3 Å². The van der Waals surface area contributed by atoms with Crippen molar-refractivity contribution in [2.24, 2.45) is 5.92 Å². The summed E-state index contributed by atoms with van der Waals surface area (Å²) < 4.78 is 5.10. The van der Waals surface area contributed by atoms with Crippen LogP contribution in [-0.4, -0.2) is 23.5 Å². The second kappa shape index (κ2) is 7.87. The van der Waals surface area contributed by atoms with Gasteiger partial charge in [0.2, 0.25) is 5.91 Å². The summed E-state index contributed by atoms with van der Waals surface area (Å²) in [6.45, 7) is 5.85. The molecule has 0 fully saturated rings. The van der Waals surface area contributed by atoms with Gasteiger partial charge in [-0.15, -0.1) is 0 Å². The summed E-state index contributed by atoms with van der Waals surface area (Å²) in [4.78, 5) is 29.0. The van der Waals surface area contributed by atoms with Gasteiger partial charge in [-0.25, -0.2) is 9.78 Å². The Bertz CT molecular complexity index is 682. The molecule has 1 aromatic heterocycles. The number of benzene rings is 1. The number of nitrogens with one attached hydrogen (secondary N) is 1. The van der Waals surface area contributed by atoms with E-state index in [0.29, 0.717) is 22.3 Å². The minimum atomic E-state index is -0.423. The normalized spacial score (nSPS) is 11.8. The molecule has 0 saturated heterocycles. The molecule has 2 aromatic rings. The van der Waals surface area contributed by atoms with Crippen molar-refractivity contribution in [1.82, 2.24) is 4.98 Å². The van der Waals surface area contributed by atoms with E-state index < -0.39 is 5.97 Å². The molecule has 5 nitrogen and oxygen atoms in total. The number of ether oxygens (including phenoxy) is 1. The van der Waals surface area contributed by atoms with E-state index in [1.54, 1.807) is 6.92 Å². The fourth-order valence-electron chi connectivity index (χ4n) is 1.91. The number of nitrogens with zero attached hydrogens (tertiary/aromatic N) is 1. The van der Waals surface area contributed by atoms with E-state index in [-0.39, 0.29) is 11.8 Å². The first-order chi connectivity index (χ1) is 11.1. The number of amides is 1. The molecular weight excluding hydrogens is 312 g/mol. The second-order valence-electron chi connectivity index (χ2n) is 5.08. The first-order valence-corrected chi connectivity index (χ1v) is 8.42. The largest absolute Gasteiger partial charge is 0.462 e. The number of rotatable bonds is 6. The lowest BCUT2D eigenvalue weighted by atomic mass is 10.1. The highest BCUT2D eigenvalue weighted by atomic mass is 32.1. The number of anilines is 1. The van der Waals surface area contributed by atoms with Crippen LogP contribution in [0.5, 0.6) is 0 Å². The van der Waals surface area contributed by atoms with Crippen LogP contribution in [-0.2, 0) is 9.53 Å². The fraction of sp³-hybridized carbons (Fsp3) is 0.353. The molecule has 23 heavy (non-hydrogen) atoms. The van der Waals surface area contributed by atoms with Crippen LogP contribution < -0.4 is 5.32 Å². The third-order valence-corrected chi connectivity index (χ3v) is 4.38. The van der Waals surface area contributed by atoms with Gasteiger partial charge in [-0.2, -0.15) is 0 Å². The van der Waals surface area contributed by atoms with Crippen molar-refractivity contribution >= 4 is 28.3 Å². The molecule has 2 rings (SSSR count). The van der Waals surface area contributed by atoms with E-state index in [0.717, 1.165) is 23.3 Å². The summed E-state index contributed by atoms with van der Waals surface area (Å²) in [5.74, 6) is -0.630. The standard InChI is InChI=1S/C17H20N2O3S/c1-4-11(3)15(20)19-17-18-13(12-9-7-6-8-10-12)14(23-17)16(21)22-5-2/h6-11H,4-5H2,1-3H3,(H,18,19,20). The summed E-state index contributed by atoms with van der Waals surface area (Å²) >= 11 is 1.14. The van der Waals surface area contributed by atoms with Crippen LogP contribution in [0.25, 0.3) is 11.3 Å². The minimum absolute atomic E-state index is 0.101. The third kappa shape index (κ3) is 4.16. The first-order valence-electron chi connectivity index (χ1n) is 7.61. The minimum Gasteiger partial charge on any atom is -0.462 e. The molecule has 1 atom stereocenters. The van der Waals surface area contributed by atoms with Crippen LogP contribution in [0.15, 0.2) is 30.3 Å². The zero-order valence-corrected chi connectivity index (χ0v) is 14.3. The van der Waals surface area contributed by atoms with E-state index in [1.807, 2.05) is 44.2 Å². The number of esters is 1. The van der Waals surface area contributed by atoms with Gasteiger partial charge in [0.05, 0.1) is 12.3 Å². The van der Waals surface area contributed by atoms with Gasteiger partial charge in [0, 0.05) is 11.5 Å². The van der Waals surface area contributed by atoms with Crippen LogP contribution in [0.2, 0.25) is 0 Å². The number of aromatic nitrogens is 1. The highest BCUT2D eigenvalue weighted by molar-refractivity contribution is 7.18. The Morgan fingerprint density at radius 3 is 2.57 bits per heavy atom. The average molecular weight is 332 g/mol. The average Bonchev–Trinajstić information content (AvgIpc) is 2.99. The molecule has 0 aliphatic rings. The summed E-state index contributed by atoms with van der Waals surface area (Å²) in [5.41, 5.74) is 1.35. The predicted octanol–water partition coefficient (Wildman–Crippen LogP) is 3.97. The van der Waals surface area contributed by atoms with Gasteiger partial charge in [0.25, 0.3) is 0 Å². The van der Waals surface area contributed by atoms with Gasteiger partial charge in [0.15, 0.2) is 5.13 Å². The lowest BCUT2D eigenvalue weighted by Gasteiger charge is -2.06. The second-order valence-corrected chi connectivity index (χ2v) is 6.08. The summed E-state index contributed by atoms with van der Waals surface area (Å²) in [5, 5.41) is 3.19. The maximum Gasteiger partial charge on any atom is 0.350 e. The van der Waals surface area contributed by atoms with Crippen molar-refractivity contribution in [2.75, 3.05) is 11.9 Å². The van der Waals surface area contributed by atoms with Gasteiger partial charge in [0.1, 0.15) is 4.88 Å². The van der Waals surface area contributed by atoms with Crippen molar-refractivity contribution in [3.8, 4) is 11.3 Å². The van der Waals surface area contributed by atoms with Crippen LogP contribution in [0.3, 0.4) is 0 Å². The predicted molar refractivity (Wildman–Crippen MR) is 91.6 cm³/mol. The van der Waals surface area contributed by atoms with E-state index in [2.05, 4.69) is 10.3 Å². The fourth-order valence-corrected chi connectivity index (χ4v) is 2.80. The summed E-state index contributed by atoms with van der Waals surface area (Å²) in [6, 6.07) is 9.39. The molecule has 0 radical (unpaired) electrons. The Morgan fingerprint density at radius 2 is 1.96 bits per heavy atom. The van der Waals surface area contributed by atoms with Gasteiger partial charge >= 0.3 is 5.97 Å². The monoisotopic (exact) mass is 332 g/mol. The number of hydrogen-bond acceptors (Lipinski definition) is 5. The zero-order chi connectivity index (χ0) is 16.8. The number of thiazole rings is 1. The molecular formula is C17H20N2O3S. The smallest absolute Gasteiger partial charge is 0.350 e. The Morgan fingerprint density at radius 1 is 1.26 bits per heavy atom. The molecule has 122 valence electrons. The van der Waals surface area contributed by atoms with Crippen LogP contribution >= 0.6 is 11.3 Å². The number of carbonyl (C=O) groups is 2. The van der Waals surface area contributed by atoms with Gasteiger partial charge in [-0.05, 0) is 13.3 Å². The third-order valence-electron chi connectivity index (χ3n) is 3.43. The first kappa shape index (κ1) is 17.1. The quantitative estimate of drug-likeness (QED) is 0.813. The van der Waals surface area contributed by atoms with Crippen LogP contribution in [0.1, 0.15) is 36.9 Å². The molecule has 1 unspecified atom stereocenters. The summed E-state index contributed by atoms with van der Waals surface area (Å²) in [7, 11) is 0. The highest BCUT2D eigenvalue weighted by Crippen LogP contribution is 2.32. The van der Waals surface area contributed by atoms with E-state index in [4.69, 9.17) is 4.74 Å². The van der Waals surface area contributed by atoms with Crippen molar-refractivity contribution in [1.29, 1.82) is 0 Å². The van der Waals surface area contributed by atoms with Gasteiger partial charge in [-0.1, -0.05) is 55.5 Å². The van der Waals surface area contributed by atoms with Crippen molar-refractivity contribution in [3.05, 3.63) is 35.2 Å². The topological polar surface area (TPSA) is 68.3 Å². The summed E-state index contributed by atoms with van der Waals surface area (Å²) in [6.07, 6.45) is 0.744. The van der Waals surface area contributed by atoms with E-state index in [1.165, 1.54) is 0 Å². The molecule has 0 saturated carbocycles. The molecule has 0 bridgehead atoms. The van der Waals surface area contributed by atoms with E-state index >= 15 is 0 Å². The molecule has 0 spiro atoms. The molecule has 1 heterocycles. The SMILES string of the molecule is CCOC(=O)c1sc(NC(=O)C(C)CC)nc1-c1ccccc1. The van der Waals surface area contributed by atoms with E-state index in [9.17, 15) is 9.59 Å². The van der Waals surface area contributed by atoms with Crippen LogP contribution in [0.4, 0.5) is 5.13 Å². The Kier molecular flexibility index (Phi) is 5.87. The number of hydrogen-bond donors (Lipinski definition) is 1. The maximum atomic E-state index is 12.2. The lowest BCUT2D eigenvalue weighted by molar-refractivity contribution is -0.119. The van der Waals surface area contributed by atoms with Gasteiger partial charge < -0.3 is 10.1 Å². The molecule has 0 aliphatic carbocycles. The van der Waals surface area contributed by atoms with Crippen molar-refractivity contribution in [2.45, 2.75) is 27.2 Å².